The summed E-state index contributed by atoms with van der Waals surface area (Å²) >= 11 is 6.41. The Morgan fingerprint density at radius 2 is 2.00 bits per heavy atom. The van der Waals surface area contributed by atoms with Crippen molar-refractivity contribution in [3.05, 3.63) is 22.7 Å². The third-order valence-corrected chi connectivity index (χ3v) is 5.71. The van der Waals surface area contributed by atoms with E-state index < -0.39 is 0 Å². The molecule has 1 saturated heterocycles. The van der Waals surface area contributed by atoms with Crippen LogP contribution in [0.4, 0.5) is 0 Å². The van der Waals surface area contributed by atoms with Crippen LogP contribution in [0.25, 0.3) is 0 Å². The highest BCUT2D eigenvalue weighted by Crippen LogP contribution is 2.43. The summed E-state index contributed by atoms with van der Waals surface area (Å²) in [6, 6.07) is 3.57. The largest absolute Gasteiger partial charge is 0.486 e. The van der Waals surface area contributed by atoms with E-state index in [1.165, 1.54) is 12.8 Å². The van der Waals surface area contributed by atoms with Gasteiger partial charge in [0.05, 0.1) is 6.04 Å². The van der Waals surface area contributed by atoms with Crippen molar-refractivity contribution in [2.24, 2.45) is 17.6 Å². The van der Waals surface area contributed by atoms with Crippen LogP contribution in [0.15, 0.2) is 12.1 Å². The van der Waals surface area contributed by atoms with Crippen molar-refractivity contribution >= 4 is 17.5 Å². The van der Waals surface area contributed by atoms with E-state index in [4.69, 9.17) is 26.8 Å². The first-order chi connectivity index (χ1) is 11.1. The number of halogens is 1. The average Bonchev–Trinajstić information content (AvgIpc) is 3.08. The van der Waals surface area contributed by atoms with Gasteiger partial charge in [0, 0.05) is 24.2 Å². The number of ether oxygens (including phenoxy) is 2. The van der Waals surface area contributed by atoms with E-state index in [9.17, 15) is 4.79 Å². The van der Waals surface area contributed by atoms with E-state index in [1.54, 1.807) is 0 Å². The maximum Gasteiger partial charge on any atom is 0.235 e. The molecule has 1 aliphatic carbocycles. The number of carbonyl (C=O) groups is 1. The van der Waals surface area contributed by atoms with Gasteiger partial charge in [0.25, 0.3) is 0 Å². The number of benzene rings is 1. The van der Waals surface area contributed by atoms with Crippen molar-refractivity contribution in [1.82, 2.24) is 4.90 Å². The van der Waals surface area contributed by atoms with Gasteiger partial charge < -0.3 is 15.2 Å². The van der Waals surface area contributed by atoms with Crippen molar-refractivity contribution in [1.29, 1.82) is 0 Å². The minimum absolute atomic E-state index is 0.174. The smallest absolute Gasteiger partial charge is 0.235 e. The van der Waals surface area contributed by atoms with Gasteiger partial charge in [-0.25, -0.2) is 0 Å². The fourth-order valence-corrected chi connectivity index (χ4v) is 4.61. The Balaban J connectivity index is 1.59. The Hall–Kier alpha value is -1.46. The van der Waals surface area contributed by atoms with Crippen molar-refractivity contribution in [2.75, 3.05) is 19.8 Å². The molecule has 0 radical (unpaired) electrons. The maximum absolute atomic E-state index is 12.0. The Bertz CT molecular complexity index is 637. The van der Waals surface area contributed by atoms with E-state index in [2.05, 4.69) is 4.90 Å². The van der Waals surface area contributed by atoms with E-state index >= 15 is 0 Å². The first-order valence-electron chi connectivity index (χ1n) is 8.25. The zero-order valence-electron chi connectivity index (χ0n) is 13.0. The molecular weight excluding hydrogens is 316 g/mol. The molecule has 2 heterocycles. The van der Waals surface area contributed by atoms with Crippen LogP contribution in [0.5, 0.6) is 11.5 Å². The number of carbonyl (C=O) groups excluding carboxylic acids is 1. The summed E-state index contributed by atoms with van der Waals surface area (Å²) in [6.07, 6.45) is 3.50. The zero-order chi connectivity index (χ0) is 16.0. The van der Waals surface area contributed by atoms with Gasteiger partial charge in [0.15, 0.2) is 11.5 Å². The van der Waals surface area contributed by atoms with Gasteiger partial charge in [0.1, 0.15) is 13.2 Å². The third kappa shape index (κ3) is 2.66. The standard InChI is InChI=1S/C17H21ClN2O3/c18-13-7-15-14(22-4-5-23-15)6-11(13)9-20-8-10-2-1-3-12(10)16(20)17(19)21/h6-7,10,12,16H,1-5,8-9H2,(H2,19,21)/t10-,12-,16-/m0/s1. The highest BCUT2D eigenvalue weighted by Gasteiger charge is 2.46. The second-order valence-corrected chi connectivity index (χ2v) is 7.13. The van der Waals surface area contributed by atoms with Crippen LogP contribution in [-0.2, 0) is 11.3 Å². The summed E-state index contributed by atoms with van der Waals surface area (Å²) in [6.45, 7) is 2.63. The summed E-state index contributed by atoms with van der Waals surface area (Å²) in [5, 5.41) is 0.648. The predicted octanol–water partition coefficient (Wildman–Crippen LogP) is 2.20. The summed E-state index contributed by atoms with van der Waals surface area (Å²) in [5.41, 5.74) is 6.65. The topological polar surface area (TPSA) is 64.8 Å². The molecule has 0 aromatic heterocycles. The van der Waals surface area contributed by atoms with E-state index in [0.29, 0.717) is 42.4 Å². The zero-order valence-corrected chi connectivity index (χ0v) is 13.7. The van der Waals surface area contributed by atoms with Crippen molar-refractivity contribution in [3.63, 3.8) is 0 Å². The number of fused-ring (bicyclic) bond motifs is 2. The van der Waals surface area contributed by atoms with Crippen LogP contribution in [0.3, 0.4) is 0 Å². The highest BCUT2D eigenvalue weighted by molar-refractivity contribution is 6.31. The molecule has 0 spiro atoms. The first-order valence-corrected chi connectivity index (χ1v) is 8.62. The highest BCUT2D eigenvalue weighted by atomic mass is 35.5. The summed E-state index contributed by atoms with van der Waals surface area (Å²) in [7, 11) is 0. The van der Waals surface area contributed by atoms with Gasteiger partial charge in [-0.05, 0) is 36.3 Å². The Morgan fingerprint density at radius 3 is 2.74 bits per heavy atom. The van der Waals surface area contributed by atoms with E-state index in [1.807, 2.05) is 12.1 Å². The van der Waals surface area contributed by atoms with Crippen molar-refractivity contribution in [2.45, 2.75) is 31.8 Å². The molecule has 1 aromatic rings. The van der Waals surface area contributed by atoms with Gasteiger partial charge in [-0.2, -0.15) is 0 Å². The van der Waals surface area contributed by atoms with Gasteiger partial charge in [-0.1, -0.05) is 18.0 Å². The SMILES string of the molecule is NC(=O)[C@@H]1[C@H]2CCC[C@H]2CN1Cc1cc2c(cc1Cl)OCCO2. The lowest BCUT2D eigenvalue weighted by atomic mass is 9.93. The van der Waals surface area contributed by atoms with Gasteiger partial charge in [-0.15, -0.1) is 0 Å². The fraction of sp³-hybridized carbons (Fsp3) is 0.588. The molecule has 3 atom stereocenters. The van der Waals surface area contributed by atoms with E-state index in [0.717, 1.165) is 24.3 Å². The monoisotopic (exact) mass is 336 g/mol. The summed E-state index contributed by atoms with van der Waals surface area (Å²) in [4.78, 5) is 14.2. The van der Waals surface area contributed by atoms with Crippen LogP contribution < -0.4 is 15.2 Å². The lowest BCUT2D eigenvalue weighted by Crippen LogP contribution is -2.43. The second kappa shape index (κ2) is 5.87. The molecule has 0 bridgehead atoms. The molecule has 2 aliphatic heterocycles. The van der Waals surface area contributed by atoms with E-state index in [-0.39, 0.29) is 11.9 Å². The van der Waals surface area contributed by atoms with Crippen LogP contribution in [0.1, 0.15) is 24.8 Å². The van der Waals surface area contributed by atoms with Gasteiger partial charge >= 0.3 is 0 Å². The molecule has 1 saturated carbocycles. The molecular formula is C17H21ClN2O3. The molecule has 124 valence electrons. The average molecular weight is 337 g/mol. The molecule has 2 N–H and O–H groups in total. The summed E-state index contributed by atoms with van der Waals surface area (Å²) in [5.74, 6) is 2.19. The van der Waals surface area contributed by atoms with Gasteiger partial charge in [-0.3, -0.25) is 9.69 Å². The van der Waals surface area contributed by atoms with Crippen LogP contribution in [0, 0.1) is 11.8 Å². The van der Waals surface area contributed by atoms with Gasteiger partial charge in [0.2, 0.25) is 5.91 Å². The Morgan fingerprint density at radius 1 is 1.26 bits per heavy atom. The Kier molecular flexibility index (Phi) is 3.85. The predicted molar refractivity (Wildman–Crippen MR) is 86.7 cm³/mol. The Labute approximate surface area is 140 Å². The number of hydrogen-bond acceptors (Lipinski definition) is 4. The molecule has 1 amide bonds. The molecule has 2 fully saturated rings. The molecule has 3 aliphatic rings. The minimum atomic E-state index is -0.215. The molecule has 1 aromatic carbocycles. The second-order valence-electron chi connectivity index (χ2n) is 6.72. The lowest BCUT2D eigenvalue weighted by molar-refractivity contribution is -0.123. The minimum Gasteiger partial charge on any atom is -0.486 e. The lowest BCUT2D eigenvalue weighted by Gasteiger charge is -2.26. The quantitative estimate of drug-likeness (QED) is 0.919. The number of nitrogens with zero attached hydrogens (tertiary/aromatic N) is 1. The number of amides is 1. The third-order valence-electron chi connectivity index (χ3n) is 5.36. The number of rotatable bonds is 3. The van der Waals surface area contributed by atoms with Crippen LogP contribution in [0.2, 0.25) is 5.02 Å². The fourth-order valence-electron chi connectivity index (χ4n) is 4.39. The number of nitrogens with two attached hydrogens (primary N) is 1. The molecule has 4 rings (SSSR count). The van der Waals surface area contributed by atoms with Crippen molar-refractivity contribution < 1.29 is 14.3 Å². The van der Waals surface area contributed by atoms with Crippen molar-refractivity contribution in [3.8, 4) is 11.5 Å². The molecule has 0 unspecified atom stereocenters. The van der Waals surface area contributed by atoms with Crippen LogP contribution in [-0.4, -0.2) is 36.6 Å². The summed E-state index contributed by atoms with van der Waals surface area (Å²) < 4.78 is 11.2. The molecule has 6 heteroatoms. The number of likely N-dealkylation sites (tertiary alicyclic amines) is 1. The molecule has 5 nitrogen and oxygen atoms in total. The van der Waals surface area contributed by atoms with Crippen LogP contribution >= 0.6 is 11.6 Å². The first kappa shape index (κ1) is 15.1. The maximum atomic E-state index is 12.0. The number of primary amides is 1. The molecule has 23 heavy (non-hydrogen) atoms. The number of hydrogen-bond donors (Lipinski definition) is 1. The normalized spacial score (nSPS) is 29.5.